The van der Waals surface area contributed by atoms with Crippen molar-refractivity contribution in [3.63, 3.8) is 0 Å². The number of ether oxygens (including phenoxy) is 4. The molecule has 5 heteroatoms. The summed E-state index contributed by atoms with van der Waals surface area (Å²) in [4.78, 5) is 5.01. The molecule has 0 spiro atoms. The van der Waals surface area contributed by atoms with Crippen LogP contribution in [0.2, 0.25) is 0 Å². The van der Waals surface area contributed by atoms with Crippen LogP contribution < -0.4 is 0 Å². The summed E-state index contributed by atoms with van der Waals surface area (Å²) in [6.07, 6.45) is 2.30. The fourth-order valence-electron chi connectivity index (χ4n) is 5.25. The van der Waals surface area contributed by atoms with Crippen molar-refractivity contribution in [2.45, 2.75) is 70.4 Å². The number of fused-ring (bicyclic) bond motifs is 1. The van der Waals surface area contributed by atoms with Gasteiger partial charge in [0.05, 0.1) is 32.5 Å². The second kappa shape index (κ2) is 13.0. The Bertz CT molecular complexity index is 1110. The lowest BCUT2D eigenvalue weighted by atomic mass is 9.79. The predicted molar refractivity (Wildman–Crippen MR) is 145 cm³/mol. The highest BCUT2D eigenvalue weighted by molar-refractivity contribution is 5.78. The third-order valence-electron chi connectivity index (χ3n) is 7.10. The van der Waals surface area contributed by atoms with E-state index >= 15 is 0 Å². The highest BCUT2D eigenvalue weighted by Gasteiger charge is 2.50. The Morgan fingerprint density at radius 1 is 0.730 bits per heavy atom. The summed E-state index contributed by atoms with van der Waals surface area (Å²) >= 11 is 0. The van der Waals surface area contributed by atoms with Crippen LogP contribution in [0.1, 0.15) is 42.9 Å². The maximum Gasteiger partial charge on any atom is 0.184 e. The monoisotopic (exact) mass is 499 g/mol. The van der Waals surface area contributed by atoms with Crippen LogP contribution in [0.5, 0.6) is 0 Å². The van der Waals surface area contributed by atoms with Crippen molar-refractivity contribution in [1.82, 2.24) is 0 Å². The lowest BCUT2D eigenvalue weighted by Crippen LogP contribution is -2.55. The molecule has 5 nitrogen and oxygen atoms in total. The minimum absolute atomic E-state index is 0.00998. The molecule has 3 aromatic carbocycles. The summed E-state index contributed by atoms with van der Waals surface area (Å²) in [6, 6.07) is 30.9. The van der Waals surface area contributed by atoms with Crippen LogP contribution in [-0.2, 0) is 38.8 Å². The first-order valence-electron chi connectivity index (χ1n) is 13.5. The first-order valence-corrected chi connectivity index (χ1v) is 13.5. The van der Waals surface area contributed by atoms with Crippen LogP contribution in [0.15, 0.2) is 96.0 Å². The van der Waals surface area contributed by atoms with Crippen molar-refractivity contribution in [3.05, 3.63) is 108 Å². The van der Waals surface area contributed by atoms with Crippen molar-refractivity contribution in [2.75, 3.05) is 6.61 Å². The van der Waals surface area contributed by atoms with E-state index in [1.165, 1.54) is 5.56 Å². The van der Waals surface area contributed by atoms with Crippen molar-refractivity contribution in [3.8, 4) is 0 Å². The van der Waals surface area contributed by atoms with Crippen LogP contribution in [0, 0.1) is 5.92 Å². The third kappa shape index (κ3) is 6.86. The Labute approximate surface area is 220 Å². The lowest BCUT2D eigenvalue weighted by Gasteiger charge is -2.42. The molecule has 0 radical (unpaired) electrons. The zero-order valence-corrected chi connectivity index (χ0v) is 21.6. The van der Waals surface area contributed by atoms with E-state index < -0.39 is 0 Å². The number of nitrogens with zero attached hydrogens (tertiary/aromatic N) is 1. The number of hydrogen-bond acceptors (Lipinski definition) is 5. The topological polar surface area (TPSA) is 49.3 Å². The summed E-state index contributed by atoms with van der Waals surface area (Å²) in [5, 5.41) is 0. The molecule has 1 fully saturated rings. The number of aliphatic imine (C=N–C) groups is 1. The molecular formula is C32H37NO4. The van der Waals surface area contributed by atoms with Gasteiger partial charge in [-0.25, -0.2) is 4.99 Å². The van der Waals surface area contributed by atoms with Crippen molar-refractivity contribution in [2.24, 2.45) is 10.9 Å². The molecule has 0 amide bonds. The zero-order chi connectivity index (χ0) is 25.3. The van der Waals surface area contributed by atoms with Gasteiger partial charge in [0.15, 0.2) is 5.90 Å². The molecule has 0 N–H and O–H groups in total. The second-order valence-electron chi connectivity index (χ2n) is 9.94. The summed E-state index contributed by atoms with van der Waals surface area (Å²) in [5.41, 5.74) is 3.45. The quantitative estimate of drug-likeness (QED) is 0.291. The molecule has 0 aromatic heterocycles. The van der Waals surface area contributed by atoms with Gasteiger partial charge < -0.3 is 18.9 Å². The molecular weight excluding hydrogens is 462 g/mol. The van der Waals surface area contributed by atoms with E-state index in [9.17, 15) is 0 Å². The SMILES string of the molecule is CCCC1=N[C@H]2[C@@H](OCc3ccccc3)[C@H](OCc3ccccc3)[C@@H](COCc3ccccc3)C[C@@H]2O1. The van der Waals surface area contributed by atoms with Gasteiger partial charge in [0.25, 0.3) is 0 Å². The van der Waals surface area contributed by atoms with E-state index in [4.69, 9.17) is 23.9 Å². The Morgan fingerprint density at radius 3 is 1.84 bits per heavy atom. The third-order valence-corrected chi connectivity index (χ3v) is 7.10. The molecule has 5 atom stereocenters. The van der Waals surface area contributed by atoms with Gasteiger partial charge in [-0.15, -0.1) is 0 Å². The number of rotatable bonds is 12. The Kier molecular flexibility index (Phi) is 9.01. The van der Waals surface area contributed by atoms with Crippen molar-refractivity contribution in [1.29, 1.82) is 0 Å². The average Bonchev–Trinajstić information content (AvgIpc) is 3.35. The Balaban J connectivity index is 1.36. The maximum absolute atomic E-state index is 6.66. The Morgan fingerprint density at radius 2 is 1.27 bits per heavy atom. The minimum Gasteiger partial charge on any atom is -0.475 e. The van der Waals surface area contributed by atoms with Gasteiger partial charge >= 0.3 is 0 Å². The molecule has 3 aromatic rings. The van der Waals surface area contributed by atoms with Crippen LogP contribution >= 0.6 is 0 Å². The highest BCUT2D eigenvalue weighted by Crippen LogP contribution is 2.38. The first-order chi connectivity index (χ1) is 18.3. The van der Waals surface area contributed by atoms with E-state index in [2.05, 4.69) is 43.3 Å². The van der Waals surface area contributed by atoms with E-state index in [1.807, 2.05) is 54.6 Å². The van der Waals surface area contributed by atoms with Gasteiger partial charge in [-0.2, -0.15) is 0 Å². The van der Waals surface area contributed by atoms with Gasteiger partial charge in [-0.3, -0.25) is 0 Å². The fraction of sp³-hybridized carbons (Fsp3) is 0.406. The molecule has 5 rings (SSSR count). The normalized spacial score (nSPS) is 24.8. The van der Waals surface area contributed by atoms with Gasteiger partial charge in [-0.05, 0) is 29.5 Å². The number of benzene rings is 3. The standard InChI is InChI=1S/C32H37NO4/c1-2-12-29-33-30-28(37-29)19-27(23-34-20-24-13-6-3-7-14-24)31(35-21-25-15-8-4-9-16-25)32(30)36-22-26-17-10-5-11-18-26/h3-11,13-18,27-28,30-32H,2,12,19-23H2,1H3/t27-,28+,30-,31-,32-/m1/s1. The molecule has 1 aliphatic carbocycles. The predicted octanol–water partition coefficient (Wildman–Crippen LogP) is 6.36. The van der Waals surface area contributed by atoms with E-state index in [0.717, 1.165) is 36.3 Å². The van der Waals surface area contributed by atoms with Gasteiger partial charge in [0, 0.05) is 12.3 Å². The molecule has 1 aliphatic heterocycles. The average molecular weight is 500 g/mol. The minimum atomic E-state index is -0.220. The lowest BCUT2D eigenvalue weighted by molar-refractivity contribution is -0.162. The van der Waals surface area contributed by atoms with Crippen LogP contribution in [0.25, 0.3) is 0 Å². The molecule has 37 heavy (non-hydrogen) atoms. The van der Waals surface area contributed by atoms with E-state index in [0.29, 0.717) is 26.4 Å². The second-order valence-corrected chi connectivity index (χ2v) is 9.94. The summed E-state index contributed by atoms with van der Waals surface area (Å²) in [5.74, 6) is 0.976. The maximum atomic E-state index is 6.66. The summed E-state index contributed by atoms with van der Waals surface area (Å²) < 4.78 is 25.9. The van der Waals surface area contributed by atoms with E-state index in [-0.39, 0.29) is 30.3 Å². The summed E-state index contributed by atoms with van der Waals surface area (Å²) in [7, 11) is 0. The van der Waals surface area contributed by atoms with Gasteiger partial charge in [0.2, 0.25) is 0 Å². The van der Waals surface area contributed by atoms with Crippen molar-refractivity contribution < 1.29 is 18.9 Å². The molecule has 0 unspecified atom stereocenters. The first kappa shape index (κ1) is 25.7. The molecule has 0 bridgehead atoms. The number of hydrogen-bond donors (Lipinski definition) is 0. The fourth-order valence-corrected chi connectivity index (χ4v) is 5.25. The van der Waals surface area contributed by atoms with Gasteiger partial charge in [-0.1, -0.05) is 97.9 Å². The van der Waals surface area contributed by atoms with Gasteiger partial charge in [0.1, 0.15) is 18.2 Å². The zero-order valence-electron chi connectivity index (χ0n) is 21.6. The molecule has 1 heterocycles. The van der Waals surface area contributed by atoms with E-state index in [1.54, 1.807) is 0 Å². The molecule has 194 valence electrons. The smallest absolute Gasteiger partial charge is 0.184 e. The van der Waals surface area contributed by atoms with Crippen LogP contribution in [-0.4, -0.2) is 36.9 Å². The largest absolute Gasteiger partial charge is 0.475 e. The Hall–Kier alpha value is -2.99. The van der Waals surface area contributed by atoms with Crippen LogP contribution in [0.3, 0.4) is 0 Å². The molecule has 1 saturated carbocycles. The molecule has 2 aliphatic rings. The van der Waals surface area contributed by atoms with Crippen molar-refractivity contribution >= 4 is 5.90 Å². The molecule has 0 saturated heterocycles. The highest BCUT2D eigenvalue weighted by atomic mass is 16.6. The summed E-state index contributed by atoms with van der Waals surface area (Å²) in [6.45, 7) is 4.34. The van der Waals surface area contributed by atoms with Crippen LogP contribution in [0.4, 0.5) is 0 Å².